The molecule has 1 rings (SSSR count). The summed E-state index contributed by atoms with van der Waals surface area (Å²) in [6, 6.07) is -0.0602. The van der Waals surface area contributed by atoms with Gasteiger partial charge in [-0.1, -0.05) is 13.8 Å². The average molecular weight is 248 g/mol. The van der Waals surface area contributed by atoms with Gasteiger partial charge >= 0.3 is 0 Å². The Bertz CT molecular complexity index is 227. The van der Waals surface area contributed by atoms with Crippen LogP contribution in [0.3, 0.4) is 0 Å². The SMILES string of the molecule is CNC(=O)C1(C(N)CC(C)C)SCCS1. The van der Waals surface area contributed by atoms with Gasteiger partial charge < -0.3 is 11.1 Å². The largest absolute Gasteiger partial charge is 0.357 e. The molecule has 1 unspecified atom stereocenters. The molecule has 3 nitrogen and oxygen atoms in total. The number of carbonyl (C=O) groups excluding carboxylic acids is 1. The minimum Gasteiger partial charge on any atom is -0.357 e. The normalized spacial score (nSPS) is 21.7. The number of nitrogens with two attached hydrogens (primary N) is 1. The van der Waals surface area contributed by atoms with Crippen molar-refractivity contribution in [3.05, 3.63) is 0 Å². The van der Waals surface area contributed by atoms with E-state index in [0.29, 0.717) is 5.92 Å². The van der Waals surface area contributed by atoms with Crippen molar-refractivity contribution in [3.63, 3.8) is 0 Å². The topological polar surface area (TPSA) is 55.1 Å². The molecule has 0 bridgehead atoms. The van der Waals surface area contributed by atoms with Crippen LogP contribution in [0.2, 0.25) is 0 Å². The van der Waals surface area contributed by atoms with Gasteiger partial charge in [0.15, 0.2) is 4.08 Å². The maximum absolute atomic E-state index is 11.9. The molecule has 5 heteroatoms. The highest BCUT2D eigenvalue weighted by atomic mass is 32.2. The Labute approximate surface area is 100 Å². The summed E-state index contributed by atoms with van der Waals surface area (Å²) in [4.78, 5) is 11.9. The number of nitrogens with one attached hydrogen (secondary N) is 1. The zero-order chi connectivity index (χ0) is 11.5. The minimum absolute atomic E-state index is 0.0602. The number of amides is 1. The van der Waals surface area contributed by atoms with E-state index in [1.54, 1.807) is 30.6 Å². The first-order chi connectivity index (χ1) is 7.03. The summed E-state index contributed by atoms with van der Waals surface area (Å²) >= 11 is 3.40. The molecule has 0 aliphatic carbocycles. The molecule has 1 aliphatic rings. The van der Waals surface area contributed by atoms with Gasteiger partial charge in [0.05, 0.1) is 0 Å². The van der Waals surface area contributed by atoms with Crippen LogP contribution in [0.15, 0.2) is 0 Å². The maximum atomic E-state index is 11.9. The first kappa shape index (κ1) is 13.2. The molecule has 1 amide bonds. The van der Waals surface area contributed by atoms with Crippen molar-refractivity contribution in [1.82, 2.24) is 5.32 Å². The predicted octanol–water partition coefficient (Wildman–Crippen LogP) is 1.28. The summed E-state index contributed by atoms with van der Waals surface area (Å²) in [6.07, 6.45) is 0.896. The molecule has 1 heterocycles. The molecule has 1 aliphatic heterocycles. The standard InChI is InChI=1S/C10H20N2OS2/c1-7(2)6-8(11)10(9(13)12-3)14-4-5-15-10/h7-8H,4-6,11H2,1-3H3,(H,12,13). The quantitative estimate of drug-likeness (QED) is 0.787. The van der Waals surface area contributed by atoms with Crippen molar-refractivity contribution in [2.45, 2.75) is 30.4 Å². The van der Waals surface area contributed by atoms with E-state index in [-0.39, 0.29) is 11.9 Å². The molecule has 0 saturated carbocycles. The van der Waals surface area contributed by atoms with Crippen molar-refractivity contribution in [2.75, 3.05) is 18.6 Å². The van der Waals surface area contributed by atoms with Gasteiger partial charge in [-0.2, -0.15) is 0 Å². The van der Waals surface area contributed by atoms with Crippen LogP contribution in [0.4, 0.5) is 0 Å². The second-order valence-electron chi connectivity index (χ2n) is 4.18. The number of rotatable bonds is 4. The molecule has 1 saturated heterocycles. The molecular weight excluding hydrogens is 228 g/mol. The van der Waals surface area contributed by atoms with Gasteiger partial charge in [-0.3, -0.25) is 4.79 Å². The van der Waals surface area contributed by atoms with Crippen LogP contribution in [-0.2, 0) is 4.79 Å². The highest BCUT2D eigenvalue weighted by Gasteiger charge is 2.47. The van der Waals surface area contributed by atoms with Crippen LogP contribution in [0, 0.1) is 5.92 Å². The Kier molecular flexibility index (Phi) is 4.80. The lowest BCUT2D eigenvalue weighted by molar-refractivity contribution is -0.121. The fourth-order valence-corrected chi connectivity index (χ4v) is 4.97. The van der Waals surface area contributed by atoms with Gasteiger partial charge in [0.25, 0.3) is 0 Å². The van der Waals surface area contributed by atoms with E-state index >= 15 is 0 Å². The molecular formula is C10H20N2OS2. The molecule has 1 fully saturated rings. The number of thioether (sulfide) groups is 2. The van der Waals surface area contributed by atoms with Crippen LogP contribution in [0.1, 0.15) is 20.3 Å². The Morgan fingerprint density at radius 2 is 2.00 bits per heavy atom. The van der Waals surface area contributed by atoms with Crippen LogP contribution >= 0.6 is 23.5 Å². The predicted molar refractivity (Wildman–Crippen MR) is 69.1 cm³/mol. The number of carbonyl (C=O) groups is 1. The second kappa shape index (κ2) is 5.46. The van der Waals surface area contributed by atoms with E-state index in [4.69, 9.17) is 5.73 Å². The maximum Gasteiger partial charge on any atom is 0.247 e. The van der Waals surface area contributed by atoms with Gasteiger partial charge in [-0.15, -0.1) is 23.5 Å². The number of hydrogen-bond acceptors (Lipinski definition) is 4. The molecule has 0 radical (unpaired) electrons. The van der Waals surface area contributed by atoms with E-state index < -0.39 is 4.08 Å². The smallest absolute Gasteiger partial charge is 0.247 e. The van der Waals surface area contributed by atoms with E-state index in [1.807, 2.05) is 0 Å². The first-order valence-corrected chi connectivity index (χ1v) is 7.25. The van der Waals surface area contributed by atoms with Gasteiger partial charge in [0, 0.05) is 24.6 Å². The highest BCUT2D eigenvalue weighted by molar-refractivity contribution is 8.22. The zero-order valence-corrected chi connectivity index (χ0v) is 11.2. The Morgan fingerprint density at radius 1 is 1.47 bits per heavy atom. The monoisotopic (exact) mass is 248 g/mol. The van der Waals surface area contributed by atoms with Gasteiger partial charge in [-0.05, 0) is 12.3 Å². The van der Waals surface area contributed by atoms with Crippen molar-refractivity contribution in [1.29, 1.82) is 0 Å². The van der Waals surface area contributed by atoms with Gasteiger partial charge in [0.1, 0.15) is 0 Å². The van der Waals surface area contributed by atoms with Crippen molar-refractivity contribution >= 4 is 29.4 Å². The summed E-state index contributed by atoms with van der Waals surface area (Å²) in [5, 5.41) is 2.74. The van der Waals surface area contributed by atoms with Crippen LogP contribution in [-0.4, -0.2) is 34.6 Å². The third-order valence-corrected chi connectivity index (χ3v) is 6.09. The summed E-state index contributed by atoms with van der Waals surface area (Å²) in [6.45, 7) is 4.28. The molecule has 0 aromatic heterocycles. The van der Waals surface area contributed by atoms with E-state index in [2.05, 4.69) is 19.2 Å². The lowest BCUT2D eigenvalue weighted by Crippen LogP contribution is -2.52. The lowest BCUT2D eigenvalue weighted by Gasteiger charge is -2.32. The van der Waals surface area contributed by atoms with Gasteiger partial charge in [-0.25, -0.2) is 0 Å². The zero-order valence-electron chi connectivity index (χ0n) is 9.58. The van der Waals surface area contributed by atoms with Crippen molar-refractivity contribution in [3.8, 4) is 0 Å². The van der Waals surface area contributed by atoms with E-state index in [9.17, 15) is 4.79 Å². The van der Waals surface area contributed by atoms with Gasteiger partial charge in [0.2, 0.25) is 5.91 Å². The lowest BCUT2D eigenvalue weighted by atomic mass is 10.0. The third-order valence-electron chi connectivity index (χ3n) is 2.47. The molecule has 0 spiro atoms. The fourth-order valence-electron chi connectivity index (χ4n) is 1.78. The van der Waals surface area contributed by atoms with E-state index in [1.165, 1.54) is 0 Å². The molecule has 3 N–H and O–H groups in total. The highest BCUT2D eigenvalue weighted by Crippen LogP contribution is 2.47. The molecule has 88 valence electrons. The first-order valence-electron chi connectivity index (χ1n) is 5.28. The molecule has 1 atom stereocenters. The summed E-state index contributed by atoms with van der Waals surface area (Å²) < 4.78 is -0.445. The van der Waals surface area contributed by atoms with Crippen molar-refractivity contribution in [2.24, 2.45) is 11.7 Å². The minimum atomic E-state index is -0.445. The third kappa shape index (κ3) is 2.82. The Hall–Kier alpha value is 0.130. The average Bonchev–Trinajstić information content (AvgIpc) is 2.65. The fraction of sp³-hybridized carbons (Fsp3) is 0.900. The molecule has 0 aromatic rings. The molecule has 15 heavy (non-hydrogen) atoms. The van der Waals surface area contributed by atoms with Crippen LogP contribution < -0.4 is 11.1 Å². The summed E-state index contributed by atoms with van der Waals surface area (Å²) in [5.41, 5.74) is 6.19. The van der Waals surface area contributed by atoms with Crippen molar-refractivity contribution < 1.29 is 4.79 Å². The summed E-state index contributed by atoms with van der Waals surface area (Å²) in [5.74, 6) is 2.64. The number of hydrogen-bond donors (Lipinski definition) is 2. The molecule has 0 aromatic carbocycles. The van der Waals surface area contributed by atoms with Crippen LogP contribution in [0.5, 0.6) is 0 Å². The van der Waals surface area contributed by atoms with E-state index in [0.717, 1.165) is 17.9 Å². The summed E-state index contributed by atoms with van der Waals surface area (Å²) in [7, 11) is 1.69. The van der Waals surface area contributed by atoms with Crippen LogP contribution in [0.25, 0.3) is 0 Å². The Balaban J connectivity index is 2.76. The second-order valence-corrected chi connectivity index (χ2v) is 7.12. The Morgan fingerprint density at radius 3 is 2.40 bits per heavy atom.